The highest BCUT2D eigenvalue weighted by molar-refractivity contribution is 7.91. The summed E-state index contributed by atoms with van der Waals surface area (Å²) in [6.07, 6.45) is 7.06. The molecule has 0 radical (unpaired) electrons. The fourth-order valence-corrected chi connectivity index (χ4v) is 7.16. The zero-order valence-corrected chi connectivity index (χ0v) is 26.9. The number of thiazole rings is 1. The third-order valence-corrected chi connectivity index (χ3v) is 10.2. The van der Waals surface area contributed by atoms with Gasteiger partial charge in [0.05, 0.1) is 24.5 Å². The van der Waals surface area contributed by atoms with Crippen LogP contribution in [0.25, 0.3) is 22.4 Å². The number of nitrogens with zero attached hydrogens (tertiary/aromatic N) is 7. The van der Waals surface area contributed by atoms with E-state index in [0.717, 1.165) is 35.9 Å². The summed E-state index contributed by atoms with van der Waals surface area (Å²) < 4.78 is 33.6. The van der Waals surface area contributed by atoms with E-state index in [-0.39, 0.29) is 40.9 Å². The summed E-state index contributed by atoms with van der Waals surface area (Å²) >= 11 is 1.43. The van der Waals surface area contributed by atoms with E-state index < -0.39 is 9.84 Å². The summed E-state index contributed by atoms with van der Waals surface area (Å²) in [5.41, 5.74) is 2.21. The molecule has 236 valence electrons. The Morgan fingerprint density at radius 3 is 2.73 bits per heavy atom. The first-order chi connectivity index (χ1) is 21.7. The first kappa shape index (κ1) is 30.8. The second-order valence-corrected chi connectivity index (χ2v) is 14.0. The summed E-state index contributed by atoms with van der Waals surface area (Å²) in [4.78, 5) is 34.3. The predicted molar refractivity (Wildman–Crippen MR) is 175 cm³/mol. The largest absolute Gasteiger partial charge is 0.384 e. The van der Waals surface area contributed by atoms with Gasteiger partial charge in [-0.1, -0.05) is 0 Å². The van der Waals surface area contributed by atoms with Gasteiger partial charge in [0.25, 0.3) is 5.56 Å². The van der Waals surface area contributed by atoms with Crippen molar-refractivity contribution in [3.05, 3.63) is 69.7 Å². The molecule has 5 aromatic rings. The number of methoxy groups -OCH3 is 1. The normalized spacial score (nSPS) is 15.4. The number of aromatic nitrogens is 6. The van der Waals surface area contributed by atoms with Crippen molar-refractivity contribution >= 4 is 49.5 Å². The van der Waals surface area contributed by atoms with Gasteiger partial charge >= 0.3 is 0 Å². The van der Waals surface area contributed by atoms with Crippen LogP contribution in [0.5, 0.6) is 0 Å². The molecule has 5 heterocycles. The number of nitrogens with one attached hydrogen (secondary N) is 2. The zero-order chi connectivity index (χ0) is 31.6. The summed E-state index contributed by atoms with van der Waals surface area (Å²) in [5.74, 6) is 0.346. The molecule has 45 heavy (non-hydrogen) atoms. The summed E-state index contributed by atoms with van der Waals surface area (Å²) in [6, 6.07) is 10.2. The number of anilines is 3. The molecule has 1 saturated heterocycles. The van der Waals surface area contributed by atoms with Crippen LogP contribution in [-0.4, -0.2) is 83.1 Å². The van der Waals surface area contributed by atoms with Crippen LogP contribution >= 0.6 is 11.3 Å². The second kappa shape index (κ2) is 13.0. The van der Waals surface area contributed by atoms with Crippen LogP contribution in [0.4, 0.5) is 17.3 Å². The number of sulfone groups is 1. The third kappa shape index (κ3) is 6.61. The topological polar surface area (TPSA) is 149 Å². The van der Waals surface area contributed by atoms with Crippen molar-refractivity contribution < 1.29 is 13.2 Å². The molecule has 4 aromatic heterocycles. The number of hydrogen-bond acceptors (Lipinski definition) is 12. The number of pyridine rings is 1. The van der Waals surface area contributed by atoms with Crippen LogP contribution in [0.2, 0.25) is 0 Å². The Labute approximate surface area is 264 Å². The Hall–Kier alpha value is -4.18. The molecule has 15 heteroatoms. The molecule has 0 bridgehead atoms. The molecule has 1 fully saturated rings. The number of imidazole rings is 1. The molecule has 1 atom stereocenters. The lowest BCUT2D eigenvalue weighted by Gasteiger charge is -2.33. The average molecular weight is 650 g/mol. The van der Waals surface area contributed by atoms with Crippen LogP contribution in [0.15, 0.2) is 64.1 Å². The third-order valence-electron chi connectivity index (χ3n) is 7.92. The molecule has 0 spiro atoms. The molecule has 1 aliphatic rings. The number of fused-ring (bicyclic) bond motifs is 1. The molecule has 0 saturated carbocycles. The van der Waals surface area contributed by atoms with Gasteiger partial charge in [-0.15, -0.1) is 11.3 Å². The first-order valence-corrected chi connectivity index (χ1v) is 17.1. The van der Waals surface area contributed by atoms with Crippen LogP contribution in [0.1, 0.15) is 17.8 Å². The Morgan fingerprint density at radius 2 is 2.02 bits per heavy atom. The number of piperidine rings is 1. The molecule has 6 rings (SSSR count). The number of rotatable bonds is 11. The molecule has 1 unspecified atom stereocenters. The Bertz CT molecular complexity index is 1950. The molecule has 1 aliphatic heterocycles. The van der Waals surface area contributed by atoms with Gasteiger partial charge in [0, 0.05) is 74.5 Å². The van der Waals surface area contributed by atoms with Crippen LogP contribution < -0.4 is 21.1 Å². The van der Waals surface area contributed by atoms with E-state index in [0.29, 0.717) is 23.0 Å². The van der Waals surface area contributed by atoms with E-state index in [2.05, 4.69) is 49.7 Å². The molecule has 0 aliphatic carbocycles. The van der Waals surface area contributed by atoms with Gasteiger partial charge in [0.15, 0.2) is 14.9 Å². The highest BCUT2D eigenvalue weighted by Gasteiger charge is 2.23. The number of aryl methyl sites for hydroxylation is 1. The molecule has 13 nitrogen and oxygen atoms in total. The fraction of sp³-hybridized carbons (Fsp3) is 0.367. The van der Waals surface area contributed by atoms with Gasteiger partial charge in [-0.2, -0.15) is 4.98 Å². The number of hydrogen-bond donors (Lipinski definition) is 2. The Balaban J connectivity index is 1.34. The van der Waals surface area contributed by atoms with Crippen molar-refractivity contribution in [3.8, 4) is 11.4 Å². The summed E-state index contributed by atoms with van der Waals surface area (Å²) in [7, 11) is 1.52. The van der Waals surface area contributed by atoms with Gasteiger partial charge in [0.2, 0.25) is 5.95 Å². The quantitative estimate of drug-likeness (QED) is 0.217. The Morgan fingerprint density at radius 1 is 1.20 bits per heavy atom. The smallest absolute Gasteiger partial charge is 0.263 e. The second-order valence-electron chi connectivity index (χ2n) is 11.0. The van der Waals surface area contributed by atoms with Crippen molar-refractivity contribution in [3.63, 3.8) is 0 Å². The minimum Gasteiger partial charge on any atom is -0.384 e. The molecule has 2 N–H and O–H groups in total. The SMILES string of the molecule is COCCS(=O)(=O)c1cn(C)c(-c2cc3cnc(Nc4ccc(N(C)C5CCCNC5)cc4)nc3n(Cc3nccs3)c2=O)n1. The molecule has 0 amide bonds. The maximum absolute atomic E-state index is 14.0. The van der Waals surface area contributed by atoms with E-state index in [1.54, 1.807) is 30.1 Å². The van der Waals surface area contributed by atoms with E-state index in [1.807, 2.05) is 17.5 Å². The first-order valence-electron chi connectivity index (χ1n) is 14.6. The van der Waals surface area contributed by atoms with E-state index in [9.17, 15) is 13.2 Å². The lowest BCUT2D eigenvalue weighted by atomic mass is 10.1. The lowest BCUT2D eigenvalue weighted by Crippen LogP contribution is -2.44. The minimum absolute atomic E-state index is 0.0396. The lowest BCUT2D eigenvalue weighted by molar-refractivity contribution is 0.217. The maximum Gasteiger partial charge on any atom is 0.263 e. The van der Waals surface area contributed by atoms with Crippen LogP contribution in [0, 0.1) is 0 Å². The van der Waals surface area contributed by atoms with Crippen LogP contribution in [-0.2, 0) is 28.2 Å². The van der Waals surface area contributed by atoms with Gasteiger partial charge in [-0.3, -0.25) is 9.36 Å². The number of ether oxygens (including phenoxy) is 1. The Kier molecular flexibility index (Phi) is 8.94. The zero-order valence-electron chi connectivity index (χ0n) is 25.3. The van der Waals surface area contributed by atoms with E-state index in [4.69, 9.17) is 9.72 Å². The summed E-state index contributed by atoms with van der Waals surface area (Å²) in [6.45, 7) is 2.26. The van der Waals surface area contributed by atoms with Crippen molar-refractivity contribution in [1.29, 1.82) is 0 Å². The highest BCUT2D eigenvalue weighted by atomic mass is 32.2. The maximum atomic E-state index is 14.0. The highest BCUT2D eigenvalue weighted by Crippen LogP contribution is 2.25. The number of benzene rings is 1. The number of likely N-dealkylation sites (N-methyl/N-ethyl adjacent to an activating group) is 1. The average Bonchev–Trinajstić information content (AvgIpc) is 3.72. The molecular weight excluding hydrogens is 615 g/mol. The minimum atomic E-state index is -3.70. The van der Waals surface area contributed by atoms with Crippen molar-refractivity contribution in [2.45, 2.75) is 30.5 Å². The monoisotopic (exact) mass is 649 g/mol. The van der Waals surface area contributed by atoms with E-state index in [1.165, 1.54) is 35.6 Å². The van der Waals surface area contributed by atoms with Gasteiger partial charge in [-0.05, 0) is 49.7 Å². The van der Waals surface area contributed by atoms with Crippen LogP contribution in [0.3, 0.4) is 0 Å². The van der Waals surface area contributed by atoms with Gasteiger partial charge < -0.3 is 24.8 Å². The predicted octanol–water partition coefficient (Wildman–Crippen LogP) is 3.05. The van der Waals surface area contributed by atoms with E-state index >= 15 is 0 Å². The standard InChI is InChI=1S/C30H35N9O4S2/c1-37-19-26(45(41,42)14-12-43-3)35-28(37)24-15-20-16-33-30(36-27(20)39(29(24)40)18-25-32-11-13-44-25)34-21-6-8-22(9-7-21)38(2)23-5-4-10-31-17-23/h6-9,11,13,15-16,19,23,31H,4-5,10,12,14,17-18H2,1-3H3,(H,33,34,36). The van der Waals surface area contributed by atoms with Gasteiger partial charge in [-0.25, -0.2) is 23.4 Å². The summed E-state index contributed by atoms with van der Waals surface area (Å²) in [5, 5.41) is 9.77. The van der Waals surface area contributed by atoms with Crippen molar-refractivity contribution in [2.75, 3.05) is 49.8 Å². The fourth-order valence-electron chi connectivity index (χ4n) is 5.41. The van der Waals surface area contributed by atoms with Crippen molar-refractivity contribution in [1.82, 2.24) is 34.4 Å². The van der Waals surface area contributed by atoms with Gasteiger partial charge in [0.1, 0.15) is 16.5 Å². The molecule has 1 aromatic carbocycles. The van der Waals surface area contributed by atoms with Crippen molar-refractivity contribution in [2.24, 2.45) is 7.05 Å². The molecular formula is C30H35N9O4S2.